The first-order chi connectivity index (χ1) is 11.1. The maximum absolute atomic E-state index is 5.32. The summed E-state index contributed by atoms with van der Waals surface area (Å²) in [5.74, 6) is 1.63. The molecule has 4 nitrogen and oxygen atoms in total. The van der Waals surface area contributed by atoms with E-state index in [-0.39, 0.29) is 5.41 Å². The van der Waals surface area contributed by atoms with Crippen molar-refractivity contribution in [3.05, 3.63) is 59.7 Å². The van der Waals surface area contributed by atoms with Gasteiger partial charge < -0.3 is 9.47 Å². The van der Waals surface area contributed by atoms with E-state index in [2.05, 4.69) is 24.1 Å². The van der Waals surface area contributed by atoms with Gasteiger partial charge in [0.15, 0.2) is 0 Å². The second-order valence-corrected chi connectivity index (χ2v) is 5.99. The van der Waals surface area contributed by atoms with Gasteiger partial charge in [0, 0.05) is 11.1 Å². The third-order valence-electron chi connectivity index (χ3n) is 4.12. The molecule has 2 aromatic rings. The summed E-state index contributed by atoms with van der Waals surface area (Å²) >= 11 is 0. The topological polar surface area (TPSA) is 43.2 Å². The molecule has 0 bridgehead atoms. The van der Waals surface area contributed by atoms with Crippen molar-refractivity contribution >= 4 is 11.4 Å². The highest BCUT2D eigenvalue weighted by Crippen LogP contribution is 2.34. The quantitative estimate of drug-likeness (QED) is 0.858. The Balaban J connectivity index is 1.96. The fourth-order valence-electron chi connectivity index (χ4n) is 2.84. The van der Waals surface area contributed by atoms with Gasteiger partial charge in [-0.2, -0.15) is 10.2 Å². The molecular weight excluding hydrogens is 288 g/mol. The number of rotatable bonds is 4. The summed E-state index contributed by atoms with van der Waals surface area (Å²) in [7, 11) is 3.33. The molecule has 0 aliphatic carbocycles. The van der Waals surface area contributed by atoms with Crippen molar-refractivity contribution in [2.75, 3.05) is 14.2 Å². The largest absolute Gasteiger partial charge is 0.497 e. The molecule has 1 heterocycles. The van der Waals surface area contributed by atoms with Gasteiger partial charge in [0.05, 0.1) is 31.1 Å². The van der Waals surface area contributed by atoms with Gasteiger partial charge in [-0.15, -0.1) is 0 Å². The van der Waals surface area contributed by atoms with Crippen molar-refractivity contribution in [3.63, 3.8) is 0 Å². The van der Waals surface area contributed by atoms with Gasteiger partial charge in [-0.1, -0.05) is 24.3 Å². The van der Waals surface area contributed by atoms with Crippen LogP contribution in [0, 0.1) is 5.41 Å². The van der Waals surface area contributed by atoms with Crippen molar-refractivity contribution in [2.24, 2.45) is 15.6 Å². The first-order valence-electron chi connectivity index (χ1n) is 7.51. The maximum atomic E-state index is 5.32. The maximum Gasteiger partial charge on any atom is 0.119 e. The zero-order valence-electron chi connectivity index (χ0n) is 13.8. The predicted molar refractivity (Wildman–Crippen MR) is 92.8 cm³/mol. The van der Waals surface area contributed by atoms with E-state index in [0.717, 1.165) is 34.0 Å². The van der Waals surface area contributed by atoms with Crippen LogP contribution in [0.15, 0.2) is 58.7 Å². The molecule has 0 fully saturated rings. The molecule has 1 aliphatic rings. The van der Waals surface area contributed by atoms with Crippen LogP contribution in [0.3, 0.4) is 0 Å². The lowest BCUT2D eigenvalue weighted by Gasteiger charge is -2.23. The van der Waals surface area contributed by atoms with Crippen molar-refractivity contribution in [3.8, 4) is 11.5 Å². The highest BCUT2D eigenvalue weighted by molar-refractivity contribution is 6.25. The Hall–Kier alpha value is -2.62. The summed E-state index contributed by atoms with van der Waals surface area (Å²) in [5, 5.41) is 8.91. The van der Waals surface area contributed by atoms with Crippen LogP contribution in [0.1, 0.15) is 25.0 Å². The monoisotopic (exact) mass is 308 g/mol. The lowest BCUT2D eigenvalue weighted by atomic mass is 9.77. The minimum Gasteiger partial charge on any atom is -0.497 e. The first kappa shape index (κ1) is 15.3. The van der Waals surface area contributed by atoms with Gasteiger partial charge in [0.2, 0.25) is 0 Å². The predicted octanol–water partition coefficient (Wildman–Crippen LogP) is 3.94. The second-order valence-electron chi connectivity index (χ2n) is 5.99. The minimum absolute atomic E-state index is 0.293. The van der Waals surface area contributed by atoms with E-state index in [4.69, 9.17) is 9.47 Å². The second kappa shape index (κ2) is 5.88. The van der Waals surface area contributed by atoms with Crippen molar-refractivity contribution in [2.45, 2.75) is 13.8 Å². The summed E-state index contributed by atoms with van der Waals surface area (Å²) in [6.45, 7) is 4.27. The molecule has 4 heteroatoms. The first-order valence-corrected chi connectivity index (χ1v) is 7.51. The van der Waals surface area contributed by atoms with Gasteiger partial charge in [-0.3, -0.25) is 0 Å². The Morgan fingerprint density at radius 2 is 1.17 bits per heavy atom. The summed E-state index contributed by atoms with van der Waals surface area (Å²) < 4.78 is 10.6. The normalized spacial score (nSPS) is 15.8. The van der Waals surface area contributed by atoms with Crippen LogP contribution < -0.4 is 9.47 Å². The lowest BCUT2D eigenvalue weighted by Crippen LogP contribution is -2.31. The molecule has 2 aromatic carbocycles. The molecule has 1 aliphatic heterocycles. The van der Waals surface area contributed by atoms with E-state index in [1.807, 2.05) is 48.5 Å². The molecule has 0 spiro atoms. The van der Waals surface area contributed by atoms with Gasteiger partial charge in [-0.25, -0.2) is 0 Å². The Morgan fingerprint density at radius 1 is 0.739 bits per heavy atom. The fourth-order valence-corrected chi connectivity index (χ4v) is 2.84. The Morgan fingerprint density at radius 3 is 1.57 bits per heavy atom. The third-order valence-corrected chi connectivity index (χ3v) is 4.12. The molecule has 0 unspecified atom stereocenters. The Bertz CT molecular complexity index is 726. The average Bonchev–Trinajstić information content (AvgIpc) is 2.89. The van der Waals surface area contributed by atoms with E-state index in [0.29, 0.717) is 0 Å². The van der Waals surface area contributed by atoms with Crippen LogP contribution in [-0.4, -0.2) is 25.6 Å². The molecule has 0 aromatic heterocycles. The Kier molecular flexibility index (Phi) is 3.90. The molecule has 3 rings (SSSR count). The molecule has 0 amide bonds. The van der Waals surface area contributed by atoms with E-state index < -0.39 is 0 Å². The molecule has 0 radical (unpaired) electrons. The van der Waals surface area contributed by atoms with Crippen molar-refractivity contribution in [1.29, 1.82) is 0 Å². The van der Waals surface area contributed by atoms with Gasteiger partial charge in [0.1, 0.15) is 11.5 Å². The van der Waals surface area contributed by atoms with Crippen LogP contribution in [0.4, 0.5) is 0 Å². The van der Waals surface area contributed by atoms with E-state index in [9.17, 15) is 0 Å². The summed E-state index contributed by atoms with van der Waals surface area (Å²) in [6, 6.07) is 15.8. The highest BCUT2D eigenvalue weighted by Gasteiger charge is 2.37. The zero-order valence-corrected chi connectivity index (χ0v) is 13.8. The molecule has 0 saturated heterocycles. The van der Waals surface area contributed by atoms with Gasteiger partial charge in [0.25, 0.3) is 0 Å². The highest BCUT2D eigenvalue weighted by atomic mass is 16.5. The van der Waals surface area contributed by atoms with Crippen LogP contribution in [0.5, 0.6) is 11.5 Å². The van der Waals surface area contributed by atoms with Crippen molar-refractivity contribution in [1.82, 2.24) is 0 Å². The zero-order chi connectivity index (χ0) is 16.4. The summed E-state index contributed by atoms with van der Waals surface area (Å²) in [6.07, 6.45) is 0. The van der Waals surface area contributed by atoms with Gasteiger partial charge in [-0.05, 0) is 38.1 Å². The molecule has 0 saturated carbocycles. The number of hydrogen-bond acceptors (Lipinski definition) is 4. The lowest BCUT2D eigenvalue weighted by molar-refractivity contribution is 0.414. The smallest absolute Gasteiger partial charge is 0.119 e. The number of nitrogens with zero attached hydrogens (tertiary/aromatic N) is 2. The van der Waals surface area contributed by atoms with Crippen LogP contribution >= 0.6 is 0 Å². The number of benzene rings is 2. The molecule has 23 heavy (non-hydrogen) atoms. The third kappa shape index (κ3) is 2.72. The summed E-state index contributed by atoms with van der Waals surface area (Å²) in [5.41, 5.74) is 3.63. The Labute approximate surface area is 136 Å². The number of methoxy groups -OCH3 is 2. The van der Waals surface area contributed by atoms with Crippen molar-refractivity contribution < 1.29 is 9.47 Å². The van der Waals surface area contributed by atoms with Crippen LogP contribution in [-0.2, 0) is 0 Å². The van der Waals surface area contributed by atoms with E-state index >= 15 is 0 Å². The number of hydrogen-bond donors (Lipinski definition) is 0. The van der Waals surface area contributed by atoms with Gasteiger partial charge >= 0.3 is 0 Å². The SMILES string of the molecule is COc1cccc(C2=NN=C(c3cccc(OC)c3)C2(C)C)c1. The number of ether oxygens (including phenoxy) is 2. The molecule has 0 atom stereocenters. The molecule has 0 N–H and O–H groups in total. The standard InChI is InChI=1S/C19H20N2O2/c1-19(2)17(13-7-5-9-15(11-13)22-3)20-21-18(19)14-8-6-10-16(12-14)23-4/h5-12H,1-4H3. The average molecular weight is 308 g/mol. The summed E-state index contributed by atoms with van der Waals surface area (Å²) in [4.78, 5) is 0. The van der Waals surface area contributed by atoms with Crippen LogP contribution in [0.25, 0.3) is 0 Å². The minimum atomic E-state index is -0.293. The van der Waals surface area contributed by atoms with Crippen LogP contribution in [0.2, 0.25) is 0 Å². The molecule has 118 valence electrons. The van der Waals surface area contributed by atoms with E-state index in [1.165, 1.54) is 0 Å². The fraction of sp³-hybridized carbons (Fsp3) is 0.263. The molecular formula is C19H20N2O2. The van der Waals surface area contributed by atoms with E-state index in [1.54, 1.807) is 14.2 Å².